The van der Waals surface area contributed by atoms with E-state index in [0.29, 0.717) is 10.6 Å². The maximum absolute atomic E-state index is 9.34. The molecule has 0 N–H and O–H groups in total. The molecule has 2 heteroatoms. The molecule has 144 valence electrons. The minimum absolute atomic E-state index is 0.493. The van der Waals surface area contributed by atoms with Gasteiger partial charge in [-0.2, -0.15) is 5.26 Å². The van der Waals surface area contributed by atoms with Gasteiger partial charge in [0.1, 0.15) is 6.07 Å². The third kappa shape index (κ3) is 2.63. The van der Waals surface area contributed by atoms with Gasteiger partial charge in [-0.15, -0.1) is 0 Å². The van der Waals surface area contributed by atoms with Crippen molar-refractivity contribution in [2.75, 3.05) is 0 Å². The Morgan fingerprint density at radius 1 is 0.548 bits per heavy atom. The molecule has 0 saturated carbocycles. The molecule has 0 spiro atoms. The summed E-state index contributed by atoms with van der Waals surface area (Å²) < 4.78 is 0. The van der Waals surface area contributed by atoms with Crippen LogP contribution in [0.5, 0.6) is 0 Å². The third-order valence-corrected chi connectivity index (χ3v) is 6.56. The lowest BCUT2D eigenvalue weighted by Gasteiger charge is -2.12. The number of fused-ring (bicyclic) bond motifs is 3. The van der Waals surface area contributed by atoms with Crippen LogP contribution < -0.4 is 0 Å². The van der Waals surface area contributed by atoms with E-state index in [1.807, 2.05) is 18.2 Å². The van der Waals surface area contributed by atoms with E-state index < -0.39 is 0 Å². The van der Waals surface area contributed by atoms with E-state index in [1.54, 1.807) is 6.07 Å². The van der Waals surface area contributed by atoms with Crippen LogP contribution in [-0.4, -0.2) is 0 Å². The molecule has 0 saturated heterocycles. The molecule has 0 unspecified atom stereocenters. The lowest BCUT2D eigenvalue weighted by Crippen LogP contribution is -1.87. The average molecular weight is 414 g/mol. The number of halogens is 1. The number of nitriles is 1. The molecule has 1 nitrogen and oxygen atoms in total. The van der Waals surface area contributed by atoms with Gasteiger partial charge in [0.15, 0.2) is 0 Å². The molecule has 31 heavy (non-hydrogen) atoms. The molecule has 0 radical (unpaired) electrons. The molecule has 0 heterocycles. The van der Waals surface area contributed by atoms with E-state index in [-0.39, 0.29) is 0 Å². The molecule has 0 atom stereocenters. The van der Waals surface area contributed by atoms with E-state index in [9.17, 15) is 5.26 Å². The van der Waals surface area contributed by atoms with Crippen molar-refractivity contribution >= 4 is 22.4 Å². The van der Waals surface area contributed by atoms with Crippen molar-refractivity contribution in [3.63, 3.8) is 0 Å². The van der Waals surface area contributed by atoms with Gasteiger partial charge >= 0.3 is 0 Å². The maximum Gasteiger partial charge on any atom is 0.101 e. The molecule has 6 rings (SSSR count). The van der Waals surface area contributed by atoms with Gasteiger partial charge in [-0.1, -0.05) is 96.5 Å². The first-order valence-electron chi connectivity index (χ1n) is 10.2. The molecular weight excluding hydrogens is 398 g/mol. The number of rotatable bonds is 2. The van der Waals surface area contributed by atoms with E-state index >= 15 is 0 Å². The fourth-order valence-electron chi connectivity index (χ4n) is 4.76. The molecule has 5 aromatic rings. The number of benzene rings is 5. The highest BCUT2D eigenvalue weighted by atomic mass is 35.5. The topological polar surface area (TPSA) is 23.8 Å². The first-order valence-corrected chi connectivity index (χ1v) is 10.6. The number of nitrogens with zero attached hydrogens (tertiary/aromatic N) is 1. The summed E-state index contributed by atoms with van der Waals surface area (Å²) in [5.74, 6) is 0. The monoisotopic (exact) mass is 413 g/mol. The third-order valence-electron chi connectivity index (χ3n) is 6.15. The molecule has 1 aliphatic rings. The Kier molecular flexibility index (Phi) is 3.96. The first kappa shape index (κ1) is 18.0. The number of hydrogen-bond donors (Lipinski definition) is 0. The Morgan fingerprint density at radius 3 is 1.90 bits per heavy atom. The zero-order valence-electron chi connectivity index (χ0n) is 16.6. The highest BCUT2D eigenvalue weighted by Crippen LogP contribution is 2.49. The van der Waals surface area contributed by atoms with Crippen molar-refractivity contribution in [3.05, 3.63) is 108 Å². The van der Waals surface area contributed by atoms with Crippen molar-refractivity contribution < 1.29 is 0 Å². The van der Waals surface area contributed by atoms with Crippen molar-refractivity contribution in [3.8, 4) is 50.6 Å². The van der Waals surface area contributed by atoms with Gasteiger partial charge in [0.2, 0.25) is 0 Å². The highest BCUT2D eigenvalue weighted by Gasteiger charge is 2.22. The zero-order valence-corrected chi connectivity index (χ0v) is 17.3. The lowest BCUT2D eigenvalue weighted by molar-refractivity contribution is 1.48. The van der Waals surface area contributed by atoms with Crippen molar-refractivity contribution in [2.24, 2.45) is 0 Å². The fourth-order valence-corrected chi connectivity index (χ4v) is 5.03. The van der Waals surface area contributed by atoms with Crippen LogP contribution in [0.15, 0.2) is 97.1 Å². The summed E-state index contributed by atoms with van der Waals surface area (Å²) in [6, 6.07) is 35.8. The Balaban J connectivity index is 1.57. The molecule has 0 bridgehead atoms. The van der Waals surface area contributed by atoms with Crippen LogP contribution in [0, 0.1) is 11.3 Å². The van der Waals surface area contributed by atoms with Crippen LogP contribution in [0.1, 0.15) is 5.56 Å². The molecule has 5 aromatic carbocycles. The Hall–Kier alpha value is -3.86. The van der Waals surface area contributed by atoms with E-state index in [1.165, 1.54) is 38.6 Å². The SMILES string of the molecule is N#Cc1cccc(-c2cccc(-c3ccc4c5c(cccc35)-c3ccccc3-4)c2)c1Cl. The summed E-state index contributed by atoms with van der Waals surface area (Å²) in [4.78, 5) is 0. The largest absolute Gasteiger partial charge is 0.192 e. The summed E-state index contributed by atoms with van der Waals surface area (Å²) in [5.41, 5.74) is 9.90. The quantitative estimate of drug-likeness (QED) is 0.280. The number of hydrogen-bond acceptors (Lipinski definition) is 1. The van der Waals surface area contributed by atoms with Crippen LogP contribution >= 0.6 is 11.6 Å². The van der Waals surface area contributed by atoms with Gasteiger partial charge in [-0.25, -0.2) is 0 Å². The Bertz CT molecular complexity index is 1530. The Morgan fingerprint density at radius 2 is 1.13 bits per heavy atom. The maximum atomic E-state index is 9.34. The molecule has 1 aliphatic carbocycles. The van der Waals surface area contributed by atoms with Crippen molar-refractivity contribution in [2.45, 2.75) is 0 Å². The molecule has 0 amide bonds. The first-order chi connectivity index (χ1) is 15.3. The molecule has 0 aliphatic heterocycles. The Labute approximate surface area is 185 Å². The van der Waals surface area contributed by atoms with Crippen molar-refractivity contribution in [1.82, 2.24) is 0 Å². The van der Waals surface area contributed by atoms with E-state index in [4.69, 9.17) is 11.6 Å². The van der Waals surface area contributed by atoms with Crippen LogP contribution in [0.25, 0.3) is 55.3 Å². The van der Waals surface area contributed by atoms with Crippen LogP contribution in [0.3, 0.4) is 0 Å². The van der Waals surface area contributed by atoms with E-state index in [0.717, 1.165) is 16.7 Å². The van der Waals surface area contributed by atoms with E-state index in [2.05, 4.69) is 78.9 Å². The van der Waals surface area contributed by atoms with Crippen LogP contribution in [0.4, 0.5) is 0 Å². The summed E-state index contributed by atoms with van der Waals surface area (Å²) in [7, 11) is 0. The fraction of sp³-hybridized carbons (Fsp3) is 0. The van der Waals surface area contributed by atoms with Gasteiger partial charge in [0.05, 0.1) is 10.6 Å². The average Bonchev–Trinajstić information content (AvgIpc) is 3.15. The summed E-state index contributed by atoms with van der Waals surface area (Å²) in [5, 5.41) is 12.4. The predicted octanol–water partition coefficient (Wildman–Crippen LogP) is 8.35. The highest BCUT2D eigenvalue weighted by molar-refractivity contribution is 6.34. The molecule has 0 fully saturated rings. The lowest BCUT2D eigenvalue weighted by atomic mass is 9.92. The summed E-state index contributed by atoms with van der Waals surface area (Å²) in [6.07, 6.45) is 0. The van der Waals surface area contributed by atoms with Crippen LogP contribution in [-0.2, 0) is 0 Å². The van der Waals surface area contributed by atoms with Gasteiger partial charge in [-0.05, 0) is 61.8 Å². The minimum Gasteiger partial charge on any atom is -0.192 e. The second-order valence-electron chi connectivity index (χ2n) is 7.79. The minimum atomic E-state index is 0.493. The standard InChI is InChI=1S/C29H16ClN/c30-29-20(17-31)8-4-11-22(29)19-7-3-6-18(16-19)21-14-15-27-24-10-2-1-9-23(24)26-13-5-12-25(21)28(26)27/h1-16H. The van der Waals surface area contributed by atoms with Gasteiger partial charge in [0.25, 0.3) is 0 Å². The van der Waals surface area contributed by atoms with Gasteiger partial charge < -0.3 is 0 Å². The smallest absolute Gasteiger partial charge is 0.101 e. The summed E-state index contributed by atoms with van der Waals surface area (Å²) in [6.45, 7) is 0. The second-order valence-corrected chi connectivity index (χ2v) is 8.17. The van der Waals surface area contributed by atoms with Crippen LogP contribution in [0.2, 0.25) is 5.02 Å². The van der Waals surface area contributed by atoms with Gasteiger partial charge in [0, 0.05) is 5.56 Å². The zero-order chi connectivity index (χ0) is 20.9. The van der Waals surface area contributed by atoms with Gasteiger partial charge in [-0.3, -0.25) is 0 Å². The molecule has 0 aromatic heterocycles. The second kappa shape index (κ2) is 6.84. The molecular formula is C29H16ClN. The normalized spacial score (nSPS) is 11.4. The summed E-state index contributed by atoms with van der Waals surface area (Å²) >= 11 is 6.52. The van der Waals surface area contributed by atoms with Crippen molar-refractivity contribution in [1.29, 1.82) is 5.26 Å². The predicted molar refractivity (Wildman–Crippen MR) is 129 cm³/mol.